The van der Waals surface area contributed by atoms with E-state index in [-0.39, 0.29) is 18.7 Å². The molecular formula is C23H24N2O4. The molecule has 6 nitrogen and oxygen atoms in total. The van der Waals surface area contributed by atoms with Crippen LogP contribution >= 0.6 is 0 Å². The van der Waals surface area contributed by atoms with E-state index in [2.05, 4.69) is 4.90 Å². The Bertz CT molecular complexity index is 1010. The van der Waals surface area contributed by atoms with Gasteiger partial charge in [0.2, 0.25) is 0 Å². The molecule has 1 N–H and O–H groups in total. The monoisotopic (exact) mass is 392 g/mol. The zero-order valence-electron chi connectivity index (χ0n) is 16.5. The van der Waals surface area contributed by atoms with Gasteiger partial charge in [-0.15, -0.1) is 0 Å². The van der Waals surface area contributed by atoms with Crippen molar-refractivity contribution in [3.05, 3.63) is 77.6 Å². The molecule has 0 saturated carbocycles. The second kappa shape index (κ2) is 8.01. The van der Waals surface area contributed by atoms with Crippen LogP contribution in [0.3, 0.4) is 0 Å². The molecule has 1 saturated heterocycles. The first-order valence-electron chi connectivity index (χ1n) is 9.57. The van der Waals surface area contributed by atoms with E-state index >= 15 is 0 Å². The van der Waals surface area contributed by atoms with Crippen molar-refractivity contribution < 1.29 is 19.4 Å². The maximum Gasteiger partial charge on any atom is 0.340 e. The molecule has 0 spiro atoms. The minimum Gasteiger partial charge on any atom is -0.486 e. The van der Waals surface area contributed by atoms with Gasteiger partial charge in [-0.1, -0.05) is 18.2 Å². The van der Waals surface area contributed by atoms with Crippen molar-refractivity contribution in [2.45, 2.75) is 19.6 Å². The molecule has 1 aliphatic heterocycles. The Balaban J connectivity index is 1.54. The third kappa shape index (κ3) is 3.71. The van der Waals surface area contributed by atoms with Gasteiger partial charge < -0.3 is 24.0 Å². The van der Waals surface area contributed by atoms with Crippen LogP contribution in [0.4, 0.5) is 5.69 Å². The van der Waals surface area contributed by atoms with Gasteiger partial charge in [-0.2, -0.15) is 0 Å². The van der Waals surface area contributed by atoms with Crippen LogP contribution in [-0.4, -0.2) is 41.9 Å². The minimum atomic E-state index is -0.358. The van der Waals surface area contributed by atoms with Crippen LogP contribution in [0.2, 0.25) is 0 Å². The van der Waals surface area contributed by atoms with Crippen molar-refractivity contribution in [2.75, 3.05) is 25.1 Å². The summed E-state index contributed by atoms with van der Waals surface area (Å²) in [6.07, 6.45) is 3.91. The summed E-state index contributed by atoms with van der Waals surface area (Å²) in [4.78, 5) is 14.5. The third-order valence-electron chi connectivity index (χ3n) is 5.19. The summed E-state index contributed by atoms with van der Waals surface area (Å²) in [5.41, 5.74) is 4.19. The van der Waals surface area contributed by atoms with E-state index in [0.29, 0.717) is 5.56 Å². The molecule has 2 heterocycles. The van der Waals surface area contributed by atoms with Crippen LogP contribution in [0.5, 0.6) is 5.75 Å². The number of carbonyl (C=O) groups excluding carboxylic acids is 1. The molecule has 0 aliphatic carbocycles. The van der Waals surface area contributed by atoms with Gasteiger partial charge in [0.05, 0.1) is 43.7 Å². The maximum absolute atomic E-state index is 12.3. The molecule has 1 fully saturated rings. The second-order valence-corrected chi connectivity index (χ2v) is 7.16. The summed E-state index contributed by atoms with van der Waals surface area (Å²) < 4.78 is 13.1. The number of nitrogens with zero attached hydrogens (tertiary/aromatic N) is 2. The average Bonchev–Trinajstić information content (AvgIpc) is 3.24. The van der Waals surface area contributed by atoms with Crippen molar-refractivity contribution in [1.82, 2.24) is 4.57 Å². The van der Waals surface area contributed by atoms with Gasteiger partial charge in [-0.25, -0.2) is 4.79 Å². The Morgan fingerprint density at radius 3 is 2.55 bits per heavy atom. The fourth-order valence-electron chi connectivity index (χ4n) is 3.65. The number of benzene rings is 2. The summed E-state index contributed by atoms with van der Waals surface area (Å²) >= 11 is 0. The number of aromatic nitrogens is 1. The van der Waals surface area contributed by atoms with Crippen molar-refractivity contribution in [3.63, 3.8) is 0 Å². The summed E-state index contributed by atoms with van der Waals surface area (Å²) in [5.74, 6) is 0.476. The van der Waals surface area contributed by atoms with E-state index in [1.54, 1.807) is 6.07 Å². The molecule has 1 aromatic heterocycles. The average molecular weight is 392 g/mol. The van der Waals surface area contributed by atoms with Gasteiger partial charge in [0.25, 0.3) is 0 Å². The zero-order chi connectivity index (χ0) is 20.4. The van der Waals surface area contributed by atoms with Gasteiger partial charge in [-0.05, 0) is 48.4 Å². The lowest BCUT2D eigenvalue weighted by atomic mass is 10.1. The molecule has 0 unspecified atom stereocenters. The fraction of sp³-hybridized carbons (Fsp3) is 0.261. The number of aliphatic hydroxyl groups excluding tert-OH is 1. The van der Waals surface area contributed by atoms with E-state index in [1.165, 1.54) is 7.11 Å². The standard InChI is InChI=1S/C23H24N2O4/c1-16-12-17(15-26)8-9-21(16)29-18-13-25(14-18)20-7-5-6-19(23(27)28-2)22(20)24-10-3-4-11-24/h3-12,18,26H,13-15H2,1-2H3. The number of carbonyl (C=O) groups is 1. The number of anilines is 1. The largest absolute Gasteiger partial charge is 0.486 e. The van der Waals surface area contributed by atoms with E-state index in [0.717, 1.165) is 41.3 Å². The zero-order valence-corrected chi connectivity index (χ0v) is 16.5. The fourth-order valence-corrected chi connectivity index (χ4v) is 3.65. The van der Waals surface area contributed by atoms with Gasteiger partial charge in [0.15, 0.2) is 0 Å². The lowest BCUT2D eigenvalue weighted by Crippen LogP contribution is -2.54. The molecule has 0 amide bonds. The molecule has 0 bridgehead atoms. The van der Waals surface area contributed by atoms with Crippen LogP contribution in [-0.2, 0) is 11.3 Å². The highest BCUT2D eigenvalue weighted by atomic mass is 16.5. The Morgan fingerprint density at radius 1 is 1.14 bits per heavy atom. The Morgan fingerprint density at radius 2 is 1.90 bits per heavy atom. The Kier molecular flexibility index (Phi) is 5.27. The molecular weight excluding hydrogens is 368 g/mol. The number of ether oxygens (including phenoxy) is 2. The summed E-state index contributed by atoms with van der Waals surface area (Å²) in [7, 11) is 1.40. The van der Waals surface area contributed by atoms with E-state index in [9.17, 15) is 9.90 Å². The lowest BCUT2D eigenvalue weighted by molar-refractivity contribution is 0.0600. The molecule has 0 radical (unpaired) electrons. The smallest absolute Gasteiger partial charge is 0.340 e. The highest BCUT2D eigenvalue weighted by Gasteiger charge is 2.32. The predicted octanol–water partition coefficient (Wildman–Crippen LogP) is 3.33. The van der Waals surface area contributed by atoms with Crippen molar-refractivity contribution in [2.24, 2.45) is 0 Å². The summed E-state index contributed by atoms with van der Waals surface area (Å²) in [5, 5.41) is 9.25. The number of hydrogen-bond donors (Lipinski definition) is 1. The van der Waals surface area contributed by atoms with Crippen LogP contribution in [0.25, 0.3) is 5.69 Å². The minimum absolute atomic E-state index is 0.0248. The number of para-hydroxylation sites is 1. The van der Waals surface area contributed by atoms with Crippen LogP contribution in [0.1, 0.15) is 21.5 Å². The highest BCUT2D eigenvalue weighted by Crippen LogP contribution is 2.33. The van der Waals surface area contributed by atoms with Gasteiger partial charge in [0, 0.05) is 12.4 Å². The summed E-state index contributed by atoms with van der Waals surface area (Å²) in [6, 6.07) is 15.3. The predicted molar refractivity (Wildman–Crippen MR) is 111 cm³/mol. The van der Waals surface area contributed by atoms with Crippen LogP contribution < -0.4 is 9.64 Å². The van der Waals surface area contributed by atoms with Crippen LogP contribution in [0.15, 0.2) is 60.9 Å². The van der Waals surface area contributed by atoms with Crippen molar-refractivity contribution >= 4 is 11.7 Å². The lowest BCUT2D eigenvalue weighted by Gasteiger charge is -2.42. The molecule has 0 atom stereocenters. The highest BCUT2D eigenvalue weighted by molar-refractivity contribution is 5.96. The topological polar surface area (TPSA) is 63.9 Å². The number of rotatable bonds is 6. The first kappa shape index (κ1) is 19.1. The van der Waals surface area contributed by atoms with E-state index in [4.69, 9.17) is 9.47 Å². The van der Waals surface area contributed by atoms with Gasteiger partial charge >= 0.3 is 5.97 Å². The number of aryl methyl sites for hydroxylation is 1. The number of hydrogen-bond acceptors (Lipinski definition) is 5. The normalized spacial score (nSPS) is 13.8. The first-order valence-corrected chi connectivity index (χ1v) is 9.57. The molecule has 29 heavy (non-hydrogen) atoms. The summed E-state index contributed by atoms with van der Waals surface area (Å²) in [6.45, 7) is 3.45. The first-order chi connectivity index (χ1) is 14.1. The van der Waals surface area contributed by atoms with E-state index < -0.39 is 0 Å². The molecule has 1 aliphatic rings. The quantitative estimate of drug-likeness (QED) is 0.652. The molecule has 150 valence electrons. The molecule has 6 heteroatoms. The van der Waals surface area contributed by atoms with Gasteiger partial charge in [-0.3, -0.25) is 0 Å². The second-order valence-electron chi connectivity index (χ2n) is 7.16. The SMILES string of the molecule is COC(=O)c1cccc(N2CC(Oc3ccc(CO)cc3C)C2)c1-n1cccc1. The third-order valence-corrected chi connectivity index (χ3v) is 5.19. The van der Waals surface area contributed by atoms with Crippen molar-refractivity contribution in [3.8, 4) is 11.4 Å². The Hall–Kier alpha value is -3.25. The number of aliphatic hydroxyl groups is 1. The van der Waals surface area contributed by atoms with E-state index in [1.807, 2.05) is 66.3 Å². The molecule has 2 aromatic carbocycles. The van der Waals surface area contributed by atoms with Crippen molar-refractivity contribution in [1.29, 1.82) is 0 Å². The Labute approximate surface area is 169 Å². The van der Waals surface area contributed by atoms with Crippen LogP contribution in [0, 0.1) is 6.92 Å². The maximum atomic E-state index is 12.3. The van der Waals surface area contributed by atoms with Gasteiger partial charge in [0.1, 0.15) is 11.9 Å². The number of methoxy groups -OCH3 is 1. The number of esters is 1. The molecule has 3 aromatic rings. The molecule has 4 rings (SSSR count).